The van der Waals surface area contributed by atoms with Crippen LogP contribution < -0.4 is 19.7 Å². The number of hydrogen-bond acceptors (Lipinski definition) is 8. The first-order valence-corrected chi connectivity index (χ1v) is 20.4. The van der Waals surface area contributed by atoms with E-state index in [1.165, 1.54) is 24.2 Å². The standard InChI is InChI=1S/C42H46ClN7O5S/c1-25-24-56-39-36(55-42(53)48(4)14-13-47(2)3)21-35-38(37(25)39)28(22-43)23-50(35)41(52)34-20-26-17-29(7-9-31(26)46-34)44-40(51)33-19-27-18-30(8-10-32(27)45-33)54-16-15-49-11-5-6-12-49/h7-10,17-21,24,28,45-46H,5-6,11-16,22-23H2,1-4H3,(H,44,51)/t28-/m0/s1. The summed E-state index contributed by atoms with van der Waals surface area (Å²) >= 11 is 8.07. The van der Waals surface area contributed by atoms with Crippen LogP contribution in [0.5, 0.6) is 11.5 Å². The van der Waals surface area contributed by atoms with Crippen molar-refractivity contribution in [3.05, 3.63) is 82.5 Å². The maximum atomic E-state index is 14.3. The van der Waals surface area contributed by atoms with Crippen LogP contribution in [0.25, 0.3) is 31.9 Å². The van der Waals surface area contributed by atoms with E-state index in [1.54, 1.807) is 35.0 Å². The Kier molecular flexibility index (Phi) is 10.7. The number of carbonyl (C=O) groups excluding carboxylic acids is 3. The van der Waals surface area contributed by atoms with Gasteiger partial charge in [-0.25, -0.2) is 4.79 Å². The zero-order chi connectivity index (χ0) is 39.1. The average Bonchev–Trinajstić information content (AvgIpc) is 4.03. The van der Waals surface area contributed by atoms with Crippen LogP contribution in [0.4, 0.5) is 16.2 Å². The van der Waals surface area contributed by atoms with Crippen LogP contribution in [0.15, 0.2) is 60.0 Å². The number of H-pyrrole nitrogens is 2. The minimum atomic E-state index is -0.464. The van der Waals surface area contributed by atoms with E-state index in [0.29, 0.717) is 60.6 Å². The first-order chi connectivity index (χ1) is 27.1. The fourth-order valence-corrected chi connectivity index (χ4v) is 8.97. The fraction of sp³-hybridized carbons (Fsp3) is 0.357. The van der Waals surface area contributed by atoms with E-state index in [-0.39, 0.29) is 17.7 Å². The maximum absolute atomic E-state index is 14.3. The Hall–Kier alpha value is -5.08. The van der Waals surface area contributed by atoms with Gasteiger partial charge >= 0.3 is 6.09 Å². The van der Waals surface area contributed by atoms with Crippen LogP contribution in [-0.2, 0) is 0 Å². The van der Waals surface area contributed by atoms with Gasteiger partial charge in [-0.3, -0.25) is 14.5 Å². The van der Waals surface area contributed by atoms with Gasteiger partial charge < -0.3 is 39.5 Å². The van der Waals surface area contributed by atoms with Crippen molar-refractivity contribution in [3.63, 3.8) is 0 Å². The van der Waals surface area contributed by atoms with Gasteiger partial charge in [-0.15, -0.1) is 22.9 Å². The van der Waals surface area contributed by atoms with E-state index in [4.69, 9.17) is 21.1 Å². The highest BCUT2D eigenvalue weighted by Gasteiger charge is 2.37. The lowest BCUT2D eigenvalue weighted by atomic mass is 9.97. The van der Waals surface area contributed by atoms with Gasteiger partial charge in [0.05, 0.1) is 10.4 Å². The minimum Gasteiger partial charge on any atom is -0.492 e. The van der Waals surface area contributed by atoms with Crippen LogP contribution >= 0.6 is 22.9 Å². The number of rotatable bonds is 12. The minimum absolute atomic E-state index is 0.103. The van der Waals surface area contributed by atoms with Crippen molar-refractivity contribution in [1.29, 1.82) is 0 Å². The molecule has 0 saturated carbocycles. The number of likely N-dealkylation sites (tertiary alicyclic amines) is 1. The third kappa shape index (κ3) is 7.56. The normalized spacial score (nSPS) is 15.7. The van der Waals surface area contributed by atoms with Crippen molar-refractivity contribution < 1.29 is 23.9 Å². The number of fused-ring (bicyclic) bond motifs is 5. The quantitative estimate of drug-likeness (QED) is 0.108. The average molecular weight is 796 g/mol. The van der Waals surface area contributed by atoms with E-state index in [9.17, 15) is 14.4 Å². The molecule has 1 fully saturated rings. The molecule has 56 heavy (non-hydrogen) atoms. The molecule has 2 aliphatic heterocycles. The summed E-state index contributed by atoms with van der Waals surface area (Å²) in [4.78, 5) is 55.1. The second-order valence-electron chi connectivity index (χ2n) is 15.1. The number of hydrogen-bond donors (Lipinski definition) is 3. The summed E-state index contributed by atoms with van der Waals surface area (Å²) < 4.78 is 12.9. The Bertz CT molecular complexity index is 2450. The third-order valence-corrected chi connectivity index (χ3v) is 12.2. The van der Waals surface area contributed by atoms with Gasteiger partial charge in [0.15, 0.2) is 5.75 Å². The first-order valence-electron chi connectivity index (χ1n) is 19.0. The van der Waals surface area contributed by atoms with Crippen LogP contribution in [0.3, 0.4) is 0 Å². The molecule has 1 saturated heterocycles. The van der Waals surface area contributed by atoms with Gasteiger partial charge in [-0.05, 0) is 112 Å². The molecule has 8 rings (SSSR count). The fourth-order valence-electron chi connectivity index (χ4n) is 7.70. The molecular weight excluding hydrogens is 750 g/mol. The van der Waals surface area contributed by atoms with Gasteiger partial charge in [0, 0.05) is 84.0 Å². The molecule has 1 atom stereocenters. The lowest BCUT2D eigenvalue weighted by Crippen LogP contribution is -2.35. The number of likely N-dealkylation sites (N-methyl/N-ethyl adjacent to an activating group) is 2. The Balaban J connectivity index is 0.995. The summed E-state index contributed by atoms with van der Waals surface area (Å²) in [6, 6.07) is 16.7. The van der Waals surface area contributed by atoms with Crippen LogP contribution in [-0.4, -0.2) is 115 Å². The molecule has 0 bridgehead atoms. The number of aromatic nitrogens is 2. The number of aromatic amines is 2. The molecule has 3 aromatic carbocycles. The smallest absolute Gasteiger partial charge is 0.415 e. The van der Waals surface area contributed by atoms with Gasteiger partial charge in [0.2, 0.25) is 0 Å². The topological polar surface area (TPSA) is 126 Å². The maximum Gasteiger partial charge on any atom is 0.415 e. The molecule has 14 heteroatoms. The monoisotopic (exact) mass is 795 g/mol. The number of thiophene rings is 1. The third-order valence-electron chi connectivity index (χ3n) is 10.8. The number of amides is 3. The first kappa shape index (κ1) is 37.8. The van der Waals surface area contributed by atoms with E-state index in [0.717, 1.165) is 68.4 Å². The molecule has 3 N–H and O–H groups in total. The molecule has 6 aromatic rings. The summed E-state index contributed by atoms with van der Waals surface area (Å²) in [5, 5.41) is 7.68. The van der Waals surface area contributed by atoms with Crippen molar-refractivity contribution in [2.24, 2.45) is 0 Å². The predicted octanol–water partition coefficient (Wildman–Crippen LogP) is 7.87. The molecule has 0 radical (unpaired) electrons. The van der Waals surface area contributed by atoms with E-state index < -0.39 is 6.09 Å². The molecule has 292 valence electrons. The van der Waals surface area contributed by atoms with E-state index in [1.807, 2.05) is 67.7 Å². The lowest BCUT2D eigenvalue weighted by Gasteiger charge is -2.21. The van der Waals surface area contributed by atoms with Gasteiger partial charge in [-0.1, -0.05) is 0 Å². The zero-order valence-electron chi connectivity index (χ0n) is 32.0. The predicted molar refractivity (Wildman–Crippen MR) is 225 cm³/mol. The van der Waals surface area contributed by atoms with E-state index in [2.05, 4.69) is 20.2 Å². The number of benzene rings is 3. The van der Waals surface area contributed by atoms with Gasteiger partial charge in [0.25, 0.3) is 11.8 Å². The summed E-state index contributed by atoms with van der Waals surface area (Å²) in [5.74, 6) is 0.909. The van der Waals surface area contributed by atoms with Crippen molar-refractivity contribution in [2.45, 2.75) is 25.7 Å². The van der Waals surface area contributed by atoms with Crippen molar-refractivity contribution in [2.75, 3.05) is 83.1 Å². The second kappa shape index (κ2) is 15.8. The van der Waals surface area contributed by atoms with E-state index >= 15 is 0 Å². The summed E-state index contributed by atoms with van der Waals surface area (Å²) in [6.45, 7) is 7.42. The number of ether oxygens (including phenoxy) is 2. The molecule has 0 spiro atoms. The Morgan fingerprint density at radius 3 is 2.45 bits per heavy atom. The number of nitrogens with one attached hydrogen (secondary N) is 3. The molecule has 0 unspecified atom stereocenters. The number of nitrogens with zero attached hydrogens (tertiary/aromatic N) is 4. The van der Waals surface area contributed by atoms with Crippen LogP contribution in [0.2, 0.25) is 0 Å². The molecular formula is C42H46ClN7O5S. The highest BCUT2D eigenvalue weighted by molar-refractivity contribution is 7.17. The van der Waals surface area contributed by atoms with Crippen LogP contribution in [0.1, 0.15) is 50.9 Å². The summed E-state index contributed by atoms with van der Waals surface area (Å²) in [6.07, 6.45) is 2.04. The number of anilines is 2. The zero-order valence-corrected chi connectivity index (χ0v) is 33.6. The summed E-state index contributed by atoms with van der Waals surface area (Å²) in [7, 11) is 5.62. The summed E-state index contributed by atoms with van der Waals surface area (Å²) in [5.41, 5.74) is 5.72. The second-order valence-corrected chi connectivity index (χ2v) is 16.2. The van der Waals surface area contributed by atoms with Crippen molar-refractivity contribution >= 4 is 84.1 Å². The van der Waals surface area contributed by atoms with Gasteiger partial charge in [0.1, 0.15) is 23.7 Å². The number of carbonyl (C=O) groups is 3. The molecule has 3 aromatic heterocycles. The Morgan fingerprint density at radius 2 is 1.68 bits per heavy atom. The van der Waals surface area contributed by atoms with Gasteiger partial charge in [-0.2, -0.15) is 0 Å². The molecule has 12 nitrogen and oxygen atoms in total. The Morgan fingerprint density at radius 1 is 0.946 bits per heavy atom. The number of aryl methyl sites for hydroxylation is 1. The number of halogens is 1. The molecule has 5 heterocycles. The highest BCUT2D eigenvalue weighted by Crippen LogP contribution is 2.49. The number of alkyl halides is 1. The highest BCUT2D eigenvalue weighted by atomic mass is 35.5. The SMILES string of the molecule is Cc1csc2c(OC(=O)N(C)CCN(C)C)cc3c(c12)[C@@H](CCl)CN3C(=O)c1cc2cc(NC(=O)c3cc4cc(OCCN5CCCC5)ccc4[nH]3)ccc2[nH]1. The van der Waals surface area contributed by atoms with Crippen LogP contribution in [0, 0.1) is 6.92 Å². The largest absolute Gasteiger partial charge is 0.492 e. The van der Waals surface area contributed by atoms with Crippen molar-refractivity contribution in [1.82, 2.24) is 24.7 Å². The molecule has 0 aliphatic carbocycles. The Labute approximate surface area is 334 Å². The molecule has 2 aliphatic rings. The molecule has 3 amide bonds. The lowest BCUT2D eigenvalue weighted by molar-refractivity contribution is 0.0982. The van der Waals surface area contributed by atoms with Crippen molar-refractivity contribution in [3.8, 4) is 11.5 Å².